The van der Waals surface area contributed by atoms with Gasteiger partial charge in [-0.05, 0) is 5.41 Å². The third kappa shape index (κ3) is 3.27. The Balaban J connectivity index is 1.89. The summed E-state index contributed by atoms with van der Waals surface area (Å²) in [5, 5.41) is 28.2. The van der Waals surface area contributed by atoms with Crippen molar-refractivity contribution < 1.29 is 14.4 Å². The summed E-state index contributed by atoms with van der Waals surface area (Å²) < 4.78 is 13.9. The fraction of sp³-hybridized carbons (Fsp3) is 0.412. The molecule has 152 valence electrons. The monoisotopic (exact) mass is 400 g/mol. The van der Waals surface area contributed by atoms with Gasteiger partial charge in [0.05, 0.1) is 5.56 Å². The number of ether oxygens (including phenoxy) is 1. The lowest BCUT2D eigenvalue weighted by molar-refractivity contribution is 0.229. The lowest BCUT2D eigenvalue weighted by Crippen LogP contribution is -2.20. The van der Waals surface area contributed by atoms with Gasteiger partial charge in [0.2, 0.25) is 11.7 Å². The number of aromatic nitrogens is 8. The normalized spacial score (nSPS) is 12.0. The molecule has 12 nitrogen and oxygen atoms in total. The minimum Gasteiger partial charge on any atom is -0.468 e. The van der Waals surface area contributed by atoms with Crippen LogP contribution >= 0.6 is 0 Å². The fourth-order valence-electron chi connectivity index (χ4n) is 2.98. The summed E-state index contributed by atoms with van der Waals surface area (Å²) in [6.45, 7) is 5.69. The number of nitrogens with zero attached hydrogens (tertiary/aromatic N) is 7. The van der Waals surface area contributed by atoms with E-state index in [-0.39, 0.29) is 30.7 Å². The zero-order chi connectivity index (χ0) is 20.8. The Bertz CT molecular complexity index is 1230. The van der Waals surface area contributed by atoms with Gasteiger partial charge in [-0.2, -0.15) is 5.10 Å². The highest BCUT2D eigenvalue weighted by Crippen LogP contribution is 2.34. The lowest BCUT2D eigenvalue weighted by atomic mass is 9.87. The molecule has 0 aromatic carbocycles. The highest BCUT2D eigenvalue weighted by molar-refractivity contribution is 5.64. The van der Waals surface area contributed by atoms with Crippen molar-refractivity contribution in [1.29, 1.82) is 0 Å². The molecule has 0 saturated carbocycles. The second-order valence-corrected chi connectivity index (χ2v) is 7.49. The average Bonchev–Trinajstić information content (AvgIpc) is 3.37. The number of aliphatic hydroxyl groups excluding tert-OH is 1. The number of aromatic amines is 1. The second-order valence-electron chi connectivity index (χ2n) is 7.49. The van der Waals surface area contributed by atoms with Crippen LogP contribution in [0.25, 0.3) is 17.0 Å². The van der Waals surface area contributed by atoms with Gasteiger partial charge in [0.1, 0.15) is 25.1 Å². The molecule has 4 heterocycles. The largest absolute Gasteiger partial charge is 0.468 e. The Kier molecular flexibility index (Phi) is 4.42. The summed E-state index contributed by atoms with van der Waals surface area (Å²) in [4.78, 5) is 16.8. The Labute approximate surface area is 164 Å². The Morgan fingerprint density at radius 1 is 1.34 bits per heavy atom. The van der Waals surface area contributed by atoms with E-state index in [9.17, 15) is 9.90 Å². The van der Waals surface area contributed by atoms with Crippen molar-refractivity contribution in [2.45, 2.75) is 39.4 Å². The summed E-state index contributed by atoms with van der Waals surface area (Å²) in [7, 11) is 1.76. The molecular weight excluding hydrogens is 380 g/mol. The molecule has 0 unspecified atom stereocenters. The van der Waals surface area contributed by atoms with Gasteiger partial charge in [-0.15, -0.1) is 10.2 Å². The third-order valence-corrected chi connectivity index (χ3v) is 4.37. The molecule has 4 aromatic rings. The van der Waals surface area contributed by atoms with Crippen molar-refractivity contribution in [2.75, 3.05) is 0 Å². The molecule has 0 atom stereocenters. The first-order chi connectivity index (χ1) is 13.8. The number of hydrogen-bond acceptors (Lipinski definition) is 9. The summed E-state index contributed by atoms with van der Waals surface area (Å²) in [5.74, 6) is 1.41. The minimum atomic E-state index is -0.456. The van der Waals surface area contributed by atoms with Gasteiger partial charge in [0, 0.05) is 13.1 Å². The summed E-state index contributed by atoms with van der Waals surface area (Å²) in [6.07, 6.45) is 1.43. The van der Waals surface area contributed by atoms with Crippen molar-refractivity contribution in [3.63, 3.8) is 0 Å². The zero-order valence-electron chi connectivity index (χ0n) is 16.4. The van der Waals surface area contributed by atoms with E-state index in [0.29, 0.717) is 22.6 Å². The number of H-pyrrole nitrogens is 1. The van der Waals surface area contributed by atoms with Crippen molar-refractivity contribution in [3.05, 3.63) is 39.9 Å². The van der Waals surface area contributed by atoms with E-state index >= 15 is 0 Å². The summed E-state index contributed by atoms with van der Waals surface area (Å²) in [5.41, 5.74) is 0.367. The van der Waals surface area contributed by atoms with Crippen LogP contribution < -0.4 is 10.3 Å². The molecule has 2 N–H and O–H groups in total. The van der Waals surface area contributed by atoms with E-state index < -0.39 is 11.0 Å². The van der Waals surface area contributed by atoms with Crippen LogP contribution in [-0.4, -0.2) is 44.8 Å². The van der Waals surface area contributed by atoms with Gasteiger partial charge < -0.3 is 14.4 Å². The first kappa shape index (κ1) is 18.8. The maximum Gasteiger partial charge on any atom is 0.290 e. The number of rotatable bonds is 5. The first-order valence-corrected chi connectivity index (χ1v) is 8.84. The maximum absolute atomic E-state index is 12.6. The number of fused-ring (bicyclic) bond motifs is 1. The lowest BCUT2D eigenvalue weighted by Gasteiger charge is -2.18. The van der Waals surface area contributed by atoms with Gasteiger partial charge in [0.15, 0.2) is 17.3 Å². The summed E-state index contributed by atoms with van der Waals surface area (Å²) >= 11 is 0. The minimum absolute atomic E-state index is 0.128. The molecule has 0 aliphatic carbocycles. The smallest absolute Gasteiger partial charge is 0.290 e. The van der Waals surface area contributed by atoms with Gasteiger partial charge in [-0.1, -0.05) is 25.9 Å². The van der Waals surface area contributed by atoms with Crippen LogP contribution in [0.4, 0.5) is 0 Å². The van der Waals surface area contributed by atoms with Crippen LogP contribution in [0.1, 0.15) is 37.9 Å². The van der Waals surface area contributed by atoms with E-state index in [1.54, 1.807) is 11.7 Å². The molecule has 0 fully saturated rings. The second kappa shape index (κ2) is 6.81. The predicted molar refractivity (Wildman–Crippen MR) is 99.1 cm³/mol. The van der Waals surface area contributed by atoms with Crippen molar-refractivity contribution in [1.82, 2.24) is 39.7 Å². The first-order valence-electron chi connectivity index (χ1n) is 8.84. The molecule has 4 rings (SSSR count). The molecule has 0 saturated heterocycles. The standard InChI is InChI=1S/C17H20N8O4/c1-17(2,3)12-13-15(27)21-20-14(10-5-9(6-26)29-23-10)25(13)22-16(12)28-7-11-18-8-19-24(11)4/h5,8,26H,6-7H2,1-4H3,(H,21,27). The van der Waals surface area contributed by atoms with Crippen LogP contribution in [0.5, 0.6) is 5.88 Å². The third-order valence-electron chi connectivity index (χ3n) is 4.37. The number of nitrogens with one attached hydrogen (secondary N) is 1. The molecular formula is C17H20N8O4. The van der Waals surface area contributed by atoms with E-state index in [2.05, 4.69) is 30.5 Å². The fourth-order valence-corrected chi connectivity index (χ4v) is 2.98. The van der Waals surface area contributed by atoms with E-state index in [1.807, 2.05) is 20.8 Å². The molecule has 0 aliphatic heterocycles. The number of aryl methyl sites for hydroxylation is 1. The Morgan fingerprint density at radius 3 is 2.76 bits per heavy atom. The number of aliphatic hydroxyl groups is 1. The molecule has 29 heavy (non-hydrogen) atoms. The molecule has 4 aromatic heterocycles. The van der Waals surface area contributed by atoms with Crippen LogP contribution in [0.2, 0.25) is 0 Å². The van der Waals surface area contributed by atoms with Crippen molar-refractivity contribution in [3.8, 4) is 17.4 Å². The Morgan fingerprint density at radius 2 is 2.14 bits per heavy atom. The predicted octanol–water partition coefficient (Wildman–Crippen LogP) is 0.570. The molecule has 0 amide bonds. The van der Waals surface area contributed by atoms with E-state index in [4.69, 9.17) is 9.26 Å². The SMILES string of the molecule is Cn1ncnc1COc1nn2c(-c3cc(CO)on3)n[nH]c(=O)c2c1C(C)(C)C. The Hall–Kier alpha value is -3.54. The quantitative estimate of drug-likeness (QED) is 0.490. The number of hydrogen-bond donors (Lipinski definition) is 2. The van der Waals surface area contributed by atoms with Crippen molar-refractivity contribution >= 4 is 5.52 Å². The highest BCUT2D eigenvalue weighted by atomic mass is 16.5. The van der Waals surface area contributed by atoms with Gasteiger partial charge in [-0.3, -0.25) is 9.48 Å². The van der Waals surface area contributed by atoms with E-state index in [0.717, 1.165) is 0 Å². The molecule has 0 aliphatic rings. The van der Waals surface area contributed by atoms with Crippen LogP contribution in [0.15, 0.2) is 21.7 Å². The van der Waals surface area contributed by atoms with Gasteiger partial charge in [0.25, 0.3) is 5.56 Å². The highest BCUT2D eigenvalue weighted by Gasteiger charge is 2.30. The topological polar surface area (TPSA) is 149 Å². The molecule has 0 bridgehead atoms. The van der Waals surface area contributed by atoms with Gasteiger partial charge in [-0.25, -0.2) is 14.6 Å². The van der Waals surface area contributed by atoms with E-state index in [1.165, 1.54) is 16.9 Å². The maximum atomic E-state index is 12.6. The zero-order valence-corrected chi connectivity index (χ0v) is 16.4. The van der Waals surface area contributed by atoms with Crippen LogP contribution in [0.3, 0.4) is 0 Å². The van der Waals surface area contributed by atoms with Gasteiger partial charge >= 0.3 is 0 Å². The summed E-state index contributed by atoms with van der Waals surface area (Å²) in [6, 6.07) is 1.53. The van der Waals surface area contributed by atoms with Crippen LogP contribution in [0, 0.1) is 0 Å². The average molecular weight is 400 g/mol. The molecule has 0 spiro atoms. The molecule has 12 heteroatoms. The van der Waals surface area contributed by atoms with Crippen LogP contribution in [-0.2, 0) is 25.7 Å². The van der Waals surface area contributed by atoms with Crippen molar-refractivity contribution in [2.24, 2.45) is 7.05 Å². The molecule has 0 radical (unpaired) electrons.